The summed E-state index contributed by atoms with van der Waals surface area (Å²) in [7, 11) is 0. The van der Waals surface area contributed by atoms with Crippen LogP contribution in [0.5, 0.6) is 0 Å². The lowest BCUT2D eigenvalue weighted by Gasteiger charge is -2.10. The molecule has 1 aromatic heterocycles. The Labute approximate surface area is 113 Å². The second-order valence-corrected chi connectivity index (χ2v) is 5.49. The molecule has 0 fully saturated rings. The summed E-state index contributed by atoms with van der Waals surface area (Å²) in [5.41, 5.74) is 8.60. The van der Waals surface area contributed by atoms with Crippen LogP contribution in [-0.4, -0.2) is 11.5 Å². The number of rotatable bonds is 5. The Hall–Kier alpha value is -1.19. The van der Waals surface area contributed by atoms with Gasteiger partial charge in [0.25, 0.3) is 0 Å². The van der Waals surface area contributed by atoms with Gasteiger partial charge in [0.1, 0.15) is 0 Å². The molecule has 0 aliphatic rings. The van der Waals surface area contributed by atoms with E-state index in [1.54, 1.807) is 11.3 Å². The Kier molecular flexibility index (Phi) is 4.50. The predicted octanol–water partition coefficient (Wildman–Crippen LogP) is 3.40. The first kappa shape index (κ1) is 13.2. The molecule has 1 heterocycles. The zero-order chi connectivity index (χ0) is 13.0. The van der Waals surface area contributed by atoms with Crippen LogP contribution in [0.2, 0.25) is 0 Å². The highest BCUT2D eigenvalue weighted by atomic mass is 32.1. The van der Waals surface area contributed by atoms with E-state index in [0.29, 0.717) is 0 Å². The second kappa shape index (κ2) is 6.12. The molecule has 2 aromatic rings. The third-order valence-corrected chi connectivity index (χ3v) is 3.94. The summed E-state index contributed by atoms with van der Waals surface area (Å²) < 4.78 is 0. The van der Waals surface area contributed by atoms with Crippen molar-refractivity contribution >= 4 is 11.3 Å². The third-order valence-electron chi connectivity index (χ3n) is 3.31. The molecule has 1 N–H and O–H groups in total. The van der Waals surface area contributed by atoms with E-state index in [0.717, 1.165) is 19.5 Å². The zero-order valence-corrected chi connectivity index (χ0v) is 12.1. The first-order valence-corrected chi connectivity index (χ1v) is 7.25. The molecule has 0 radical (unpaired) electrons. The van der Waals surface area contributed by atoms with Gasteiger partial charge in [-0.1, -0.05) is 12.1 Å². The van der Waals surface area contributed by atoms with Crippen LogP contribution in [0, 0.1) is 20.8 Å². The number of hydrogen-bond donors (Lipinski definition) is 1. The predicted molar refractivity (Wildman–Crippen MR) is 78.2 cm³/mol. The van der Waals surface area contributed by atoms with Crippen molar-refractivity contribution in [3.8, 4) is 0 Å². The van der Waals surface area contributed by atoms with Gasteiger partial charge in [-0.05, 0) is 43.0 Å². The molecule has 0 saturated heterocycles. The fourth-order valence-electron chi connectivity index (χ4n) is 2.01. The average molecular weight is 260 g/mol. The monoisotopic (exact) mass is 260 g/mol. The van der Waals surface area contributed by atoms with E-state index in [-0.39, 0.29) is 0 Å². The summed E-state index contributed by atoms with van der Waals surface area (Å²) in [6.45, 7) is 8.45. The molecular weight excluding hydrogens is 240 g/mol. The summed E-state index contributed by atoms with van der Waals surface area (Å²) >= 11 is 1.66. The van der Waals surface area contributed by atoms with Crippen LogP contribution in [0.1, 0.15) is 27.9 Å². The van der Waals surface area contributed by atoms with Crippen molar-refractivity contribution in [2.75, 3.05) is 6.54 Å². The van der Waals surface area contributed by atoms with Crippen molar-refractivity contribution < 1.29 is 0 Å². The molecule has 0 saturated carbocycles. The Morgan fingerprint density at radius 1 is 1.11 bits per heavy atom. The van der Waals surface area contributed by atoms with Crippen LogP contribution >= 0.6 is 11.3 Å². The molecule has 0 atom stereocenters. The Morgan fingerprint density at radius 3 is 2.61 bits per heavy atom. The Bertz CT molecular complexity index is 503. The Balaban J connectivity index is 1.85. The maximum Gasteiger partial charge on any atom is 0.0794 e. The highest BCUT2D eigenvalue weighted by Crippen LogP contribution is 2.15. The summed E-state index contributed by atoms with van der Waals surface area (Å²) in [6.07, 6.45) is 1.01. The topological polar surface area (TPSA) is 24.9 Å². The SMILES string of the molecule is Cc1cc(C)c(CNCCc2cscn2)cc1C. The van der Waals surface area contributed by atoms with E-state index in [4.69, 9.17) is 0 Å². The van der Waals surface area contributed by atoms with Gasteiger partial charge < -0.3 is 5.32 Å². The molecule has 1 aromatic carbocycles. The second-order valence-electron chi connectivity index (χ2n) is 4.77. The fraction of sp³-hybridized carbons (Fsp3) is 0.400. The standard InChI is InChI=1S/C15H20N2S/c1-11-6-13(3)14(7-12(11)2)8-16-5-4-15-9-18-10-17-15/h6-7,9-10,16H,4-5,8H2,1-3H3. The lowest BCUT2D eigenvalue weighted by molar-refractivity contribution is 0.679. The molecule has 2 nitrogen and oxygen atoms in total. The Morgan fingerprint density at radius 2 is 1.89 bits per heavy atom. The number of nitrogens with zero attached hydrogens (tertiary/aromatic N) is 1. The molecule has 96 valence electrons. The minimum Gasteiger partial charge on any atom is -0.312 e. The van der Waals surface area contributed by atoms with Crippen molar-refractivity contribution in [3.05, 3.63) is 51.0 Å². The van der Waals surface area contributed by atoms with Gasteiger partial charge in [-0.3, -0.25) is 0 Å². The molecule has 0 aliphatic heterocycles. The molecule has 2 rings (SSSR count). The summed E-state index contributed by atoms with van der Waals surface area (Å²) in [5.74, 6) is 0. The molecule has 18 heavy (non-hydrogen) atoms. The fourth-order valence-corrected chi connectivity index (χ4v) is 2.60. The summed E-state index contributed by atoms with van der Waals surface area (Å²) in [6, 6.07) is 4.56. The maximum atomic E-state index is 4.28. The first-order chi connectivity index (χ1) is 8.66. The van der Waals surface area contributed by atoms with Gasteiger partial charge in [0.2, 0.25) is 0 Å². The van der Waals surface area contributed by atoms with Crippen LogP contribution < -0.4 is 5.32 Å². The van der Waals surface area contributed by atoms with Crippen LogP contribution in [0.4, 0.5) is 0 Å². The molecular formula is C15H20N2S. The van der Waals surface area contributed by atoms with Gasteiger partial charge in [-0.2, -0.15) is 0 Å². The number of hydrogen-bond acceptors (Lipinski definition) is 3. The minimum absolute atomic E-state index is 0.942. The highest BCUT2D eigenvalue weighted by molar-refractivity contribution is 7.07. The van der Waals surface area contributed by atoms with Crippen LogP contribution in [0.25, 0.3) is 0 Å². The van der Waals surface area contributed by atoms with Crippen LogP contribution in [-0.2, 0) is 13.0 Å². The molecule has 0 amide bonds. The number of benzene rings is 1. The van der Waals surface area contributed by atoms with Gasteiger partial charge in [0, 0.05) is 24.9 Å². The van der Waals surface area contributed by atoms with Gasteiger partial charge in [-0.25, -0.2) is 4.98 Å². The van der Waals surface area contributed by atoms with E-state index in [2.05, 4.69) is 48.6 Å². The van der Waals surface area contributed by atoms with Crippen molar-refractivity contribution in [3.63, 3.8) is 0 Å². The van der Waals surface area contributed by atoms with Gasteiger partial charge in [0.15, 0.2) is 0 Å². The molecule has 0 spiro atoms. The van der Waals surface area contributed by atoms with Crippen LogP contribution in [0.3, 0.4) is 0 Å². The van der Waals surface area contributed by atoms with Crippen molar-refractivity contribution in [2.45, 2.75) is 33.7 Å². The first-order valence-electron chi connectivity index (χ1n) is 6.31. The van der Waals surface area contributed by atoms with Crippen molar-refractivity contribution in [1.82, 2.24) is 10.3 Å². The number of nitrogens with one attached hydrogen (secondary N) is 1. The van der Waals surface area contributed by atoms with Gasteiger partial charge >= 0.3 is 0 Å². The average Bonchev–Trinajstić information content (AvgIpc) is 2.84. The quantitative estimate of drug-likeness (QED) is 0.833. The third kappa shape index (κ3) is 3.40. The largest absolute Gasteiger partial charge is 0.312 e. The smallest absolute Gasteiger partial charge is 0.0794 e. The van der Waals surface area contributed by atoms with Crippen LogP contribution in [0.15, 0.2) is 23.0 Å². The molecule has 0 bridgehead atoms. The molecule has 0 aliphatic carbocycles. The number of thiazole rings is 1. The van der Waals surface area contributed by atoms with Gasteiger partial charge in [-0.15, -0.1) is 11.3 Å². The van der Waals surface area contributed by atoms with E-state index in [9.17, 15) is 0 Å². The normalized spacial score (nSPS) is 10.8. The zero-order valence-electron chi connectivity index (χ0n) is 11.3. The highest BCUT2D eigenvalue weighted by Gasteiger charge is 2.02. The van der Waals surface area contributed by atoms with E-state index >= 15 is 0 Å². The maximum absolute atomic E-state index is 4.28. The number of aryl methyl sites for hydroxylation is 3. The summed E-state index contributed by atoms with van der Waals surface area (Å²) in [4.78, 5) is 4.28. The van der Waals surface area contributed by atoms with Crippen molar-refractivity contribution in [2.24, 2.45) is 0 Å². The van der Waals surface area contributed by atoms with E-state index in [1.165, 1.54) is 27.9 Å². The van der Waals surface area contributed by atoms with E-state index < -0.39 is 0 Å². The van der Waals surface area contributed by atoms with E-state index in [1.807, 2.05) is 5.51 Å². The lowest BCUT2D eigenvalue weighted by atomic mass is 10.0. The summed E-state index contributed by atoms with van der Waals surface area (Å²) in [5, 5.41) is 5.61. The molecule has 3 heteroatoms. The minimum atomic E-state index is 0.942. The lowest BCUT2D eigenvalue weighted by Crippen LogP contribution is -2.17. The number of aromatic nitrogens is 1. The van der Waals surface area contributed by atoms with Gasteiger partial charge in [0.05, 0.1) is 11.2 Å². The molecule has 0 unspecified atom stereocenters. The van der Waals surface area contributed by atoms with Crippen molar-refractivity contribution in [1.29, 1.82) is 0 Å².